The Kier molecular flexibility index (Phi) is 3.25. The Bertz CT molecular complexity index is 374. The monoisotopic (exact) mass is 253 g/mol. The number of oxime groups is 1. The summed E-state index contributed by atoms with van der Waals surface area (Å²) in [6, 6.07) is 0. The van der Waals surface area contributed by atoms with Gasteiger partial charge in [-0.05, 0) is 37.0 Å². The van der Waals surface area contributed by atoms with Crippen molar-refractivity contribution in [3.63, 3.8) is 0 Å². The van der Waals surface area contributed by atoms with Crippen LogP contribution in [0.25, 0.3) is 0 Å². The van der Waals surface area contributed by atoms with Crippen LogP contribution in [0.3, 0.4) is 0 Å². The lowest BCUT2D eigenvalue weighted by Gasteiger charge is -2.45. The molecule has 0 aromatic carbocycles. The normalized spacial score (nSPS) is 39.1. The number of hydrogen-bond donors (Lipinski definition) is 2. The Balaban J connectivity index is 2.04. The minimum atomic E-state index is -0.749. The molecule has 3 N–H and O–H groups in total. The second kappa shape index (κ2) is 4.44. The minimum Gasteiger partial charge on any atom is -0.409 e. The van der Waals surface area contributed by atoms with Gasteiger partial charge in [-0.2, -0.15) is 0 Å². The first-order valence-corrected chi connectivity index (χ1v) is 6.64. The zero-order valence-corrected chi connectivity index (χ0v) is 11.4. The van der Waals surface area contributed by atoms with Crippen molar-refractivity contribution in [2.45, 2.75) is 33.1 Å². The van der Waals surface area contributed by atoms with Crippen LogP contribution < -0.4 is 5.73 Å². The maximum absolute atomic E-state index is 12.5. The summed E-state index contributed by atoms with van der Waals surface area (Å²) in [5, 5.41) is 12.0. The molecule has 2 fully saturated rings. The van der Waals surface area contributed by atoms with Gasteiger partial charge in [-0.3, -0.25) is 4.79 Å². The van der Waals surface area contributed by atoms with E-state index in [0.717, 1.165) is 12.5 Å². The fourth-order valence-corrected chi connectivity index (χ4v) is 3.17. The molecule has 0 aliphatic heterocycles. The molecular weight excluding hydrogens is 230 g/mol. The Hall–Kier alpha value is -1.26. The molecule has 0 radical (unpaired) electrons. The van der Waals surface area contributed by atoms with Crippen molar-refractivity contribution in [3.05, 3.63) is 0 Å². The summed E-state index contributed by atoms with van der Waals surface area (Å²) in [7, 11) is 1.82. The van der Waals surface area contributed by atoms with Crippen LogP contribution in [-0.2, 0) is 4.79 Å². The molecule has 0 aromatic heterocycles. The van der Waals surface area contributed by atoms with Crippen molar-refractivity contribution in [2.75, 3.05) is 13.6 Å². The van der Waals surface area contributed by atoms with Gasteiger partial charge in [0.15, 0.2) is 5.84 Å². The quantitative estimate of drug-likeness (QED) is 0.343. The lowest BCUT2D eigenvalue weighted by atomic mass is 9.61. The van der Waals surface area contributed by atoms with E-state index in [2.05, 4.69) is 19.0 Å². The molecule has 18 heavy (non-hydrogen) atoms. The van der Waals surface area contributed by atoms with E-state index in [1.54, 1.807) is 4.90 Å². The molecule has 0 heterocycles. The third-order valence-corrected chi connectivity index (χ3v) is 4.53. The molecule has 2 rings (SSSR count). The van der Waals surface area contributed by atoms with Crippen molar-refractivity contribution >= 4 is 11.7 Å². The minimum absolute atomic E-state index is 0.00926. The molecule has 0 aromatic rings. The Labute approximate surface area is 108 Å². The second-order valence-electron chi connectivity index (χ2n) is 6.24. The maximum Gasteiger partial charge on any atom is 0.236 e. The number of carbonyl (C=O) groups is 1. The van der Waals surface area contributed by atoms with Crippen molar-refractivity contribution in [2.24, 2.45) is 34.1 Å². The fraction of sp³-hybridized carbons (Fsp3) is 0.846. The van der Waals surface area contributed by atoms with E-state index in [1.165, 1.54) is 6.42 Å². The predicted molar refractivity (Wildman–Crippen MR) is 69.1 cm³/mol. The first kappa shape index (κ1) is 13.2. The summed E-state index contributed by atoms with van der Waals surface area (Å²) >= 11 is 0. The van der Waals surface area contributed by atoms with Gasteiger partial charge in [0.25, 0.3) is 0 Å². The van der Waals surface area contributed by atoms with E-state index >= 15 is 0 Å². The smallest absolute Gasteiger partial charge is 0.236 e. The van der Waals surface area contributed by atoms with Gasteiger partial charge in [-0.1, -0.05) is 19.0 Å². The SMILES string of the molecule is CC1CC(C(=O)N(C)CC2CC2C)(C(N)=NO)C1. The van der Waals surface area contributed by atoms with Crippen molar-refractivity contribution in [3.8, 4) is 0 Å². The van der Waals surface area contributed by atoms with Crippen LogP contribution in [0, 0.1) is 23.2 Å². The highest BCUT2D eigenvalue weighted by molar-refractivity contribution is 6.07. The third-order valence-electron chi connectivity index (χ3n) is 4.53. The van der Waals surface area contributed by atoms with E-state index in [1.807, 2.05) is 7.05 Å². The van der Waals surface area contributed by atoms with Gasteiger partial charge < -0.3 is 15.8 Å². The standard InChI is InChI=1S/C13H23N3O2/c1-8-5-13(6-8,11(14)15-18)12(17)16(3)7-10-4-9(10)2/h8-10,18H,4-7H2,1-3H3,(H2,14,15). The number of nitrogens with two attached hydrogens (primary N) is 1. The molecule has 0 spiro atoms. The number of rotatable bonds is 4. The second-order valence-corrected chi connectivity index (χ2v) is 6.24. The lowest BCUT2D eigenvalue weighted by Crippen LogP contribution is -2.57. The van der Waals surface area contributed by atoms with Gasteiger partial charge in [-0.15, -0.1) is 0 Å². The Morgan fingerprint density at radius 2 is 2.06 bits per heavy atom. The van der Waals surface area contributed by atoms with E-state index in [-0.39, 0.29) is 11.7 Å². The van der Waals surface area contributed by atoms with Gasteiger partial charge in [0, 0.05) is 13.6 Å². The molecule has 5 nitrogen and oxygen atoms in total. The average molecular weight is 253 g/mol. The average Bonchev–Trinajstić information content (AvgIpc) is 2.98. The molecular formula is C13H23N3O2. The first-order valence-electron chi connectivity index (χ1n) is 6.64. The van der Waals surface area contributed by atoms with Crippen molar-refractivity contribution in [1.29, 1.82) is 0 Å². The van der Waals surface area contributed by atoms with Gasteiger partial charge in [0.2, 0.25) is 5.91 Å². The summed E-state index contributed by atoms with van der Waals surface area (Å²) in [6.07, 6.45) is 2.57. The predicted octanol–water partition coefficient (Wildman–Crippen LogP) is 1.26. The van der Waals surface area contributed by atoms with E-state index in [4.69, 9.17) is 10.9 Å². The molecule has 0 bridgehead atoms. The highest BCUT2D eigenvalue weighted by Gasteiger charge is 2.53. The number of amides is 1. The summed E-state index contributed by atoms with van der Waals surface area (Å²) in [6.45, 7) is 5.07. The number of hydrogen-bond acceptors (Lipinski definition) is 3. The lowest BCUT2D eigenvalue weighted by molar-refractivity contribution is -0.143. The number of carbonyl (C=O) groups excluding carboxylic acids is 1. The zero-order valence-electron chi connectivity index (χ0n) is 11.4. The topological polar surface area (TPSA) is 78.9 Å². The summed E-state index contributed by atoms with van der Waals surface area (Å²) < 4.78 is 0. The van der Waals surface area contributed by atoms with Gasteiger partial charge in [0.05, 0.1) is 0 Å². The zero-order chi connectivity index (χ0) is 13.5. The van der Waals surface area contributed by atoms with Crippen molar-refractivity contribution in [1.82, 2.24) is 4.90 Å². The number of amidine groups is 1. The van der Waals surface area contributed by atoms with E-state index < -0.39 is 5.41 Å². The van der Waals surface area contributed by atoms with Crippen LogP contribution in [0.2, 0.25) is 0 Å². The molecule has 2 unspecified atom stereocenters. The summed E-state index contributed by atoms with van der Waals surface area (Å²) in [4.78, 5) is 14.3. The van der Waals surface area contributed by atoms with E-state index in [0.29, 0.717) is 24.7 Å². The maximum atomic E-state index is 12.5. The summed E-state index contributed by atoms with van der Waals surface area (Å²) in [5.74, 6) is 1.89. The molecule has 1 amide bonds. The van der Waals surface area contributed by atoms with E-state index in [9.17, 15) is 4.79 Å². The van der Waals surface area contributed by atoms with Crippen LogP contribution in [0.1, 0.15) is 33.1 Å². The van der Waals surface area contributed by atoms with Crippen LogP contribution in [-0.4, -0.2) is 35.4 Å². The highest BCUT2D eigenvalue weighted by atomic mass is 16.4. The van der Waals surface area contributed by atoms with Gasteiger partial charge in [-0.25, -0.2) is 0 Å². The fourth-order valence-electron chi connectivity index (χ4n) is 3.17. The molecule has 2 atom stereocenters. The van der Waals surface area contributed by atoms with Gasteiger partial charge in [0.1, 0.15) is 5.41 Å². The summed E-state index contributed by atoms with van der Waals surface area (Å²) in [5.41, 5.74) is 4.99. The van der Waals surface area contributed by atoms with Crippen LogP contribution in [0.15, 0.2) is 5.16 Å². The largest absolute Gasteiger partial charge is 0.409 e. The van der Waals surface area contributed by atoms with Crippen molar-refractivity contribution < 1.29 is 10.0 Å². The molecule has 102 valence electrons. The Morgan fingerprint density at radius 1 is 1.50 bits per heavy atom. The molecule has 2 aliphatic carbocycles. The third kappa shape index (κ3) is 2.06. The molecule has 2 aliphatic rings. The highest BCUT2D eigenvalue weighted by Crippen LogP contribution is 2.47. The Morgan fingerprint density at radius 3 is 2.44 bits per heavy atom. The van der Waals surface area contributed by atoms with Crippen LogP contribution in [0.4, 0.5) is 0 Å². The molecule has 5 heteroatoms. The molecule has 2 saturated carbocycles. The van der Waals surface area contributed by atoms with Gasteiger partial charge >= 0.3 is 0 Å². The molecule has 0 saturated heterocycles. The first-order chi connectivity index (χ1) is 8.40. The van der Waals surface area contributed by atoms with Crippen LogP contribution >= 0.6 is 0 Å². The number of nitrogens with zero attached hydrogens (tertiary/aromatic N) is 2. The van der Waals surface area contributed by atoms with Crippen LogP contribution in [0.5, 0.6) is 0 Å².